The van der Waals surface area contributed by atoms with Gasteiger partial charge in [-0.2, -0.15) is 0 Å². The number of rotatable bonds is 8. The Balaban J connectivity index is 1.47. The van der Waals surface area contributed by atoms with E-state index in [-0.39, 0.29) is 10.8 Å². The van der Waals surface area contributed by atoms with E-state index in [4.69, 9.17) is 28.9 Å². The molecule has 1 saturated heterocycles. The normalized spacial score (nSPS) is 16.0. The first kappa shape index (κ1) is 26.0. The molecule has 2 nitrogen and oxygen atoms in total. The van der Waals surface area contributed by atoms with Crippen LogP contribution in [-0.4, -0.2) is 31.1 Å². The van der Waals surface area contributed by atoms with E-state index in [9.17, 15) is 0 Å². The number of halogens is 2. The molecular formula is C33H34Cl2N2. The van der Waals surface area contributed by atoms with Gasteiger partial charge in [0.05, 0.1) is 0 Å². The van der Waals surface area contributed by atoms with Gasteiger partial charge < -0.3 is 10.6 Å². The summed E-state index contributed by atoms with van der Waals surface area (Å²) in [5, 5.41) is 1.49. The lowest BCUT2D eigenvalue weighted by Gasteiger charge is -2.43. The molecule has 4 heteroatoms. The molecule has 37 heavy (non-hydrogen) atoms. The molecule has 0 atom stereocenters. The number of benzene rings is 4. The van der Waals surface area contributed by atoms with Gasteiger partial charge in [-0.05, 0) is 85.4 Å². The topological polar surface area (TPSA) is 29.3 Å². The Morgan fingerprint density at radius 1 is 0.649 bits per heavy atom. The first-order chi connectivity index (χ1) is 18.1. The summed E-state index contributed by atoms with van der Waals surface area (Å²) in [5.74, 6) is 0. The third kappa shape index (κ3) is 5.35. The van der Waals surface area contributed by atoms with E-state index in [1.54, 1.807) is 0 Å². The summed E-state index contributed by atoms with van der Waals surface area (Å²) in [7, 11) is 0. The molecule has 1 aliphatic heterocycles. The third-order valence-electron chi connectivity index (χ3n) is 8.33. The second-order valence-electron chi connectivity index (χ2n) is 10.2. The van der Waals surface area contributed by atoms with Crippen molar-refractivity contribution in [1.29, 1.82) is 0 Å². The predicted molar refractivity (Wildman–Crippen MR) is 157 cm³/mol. The minimum absolute atomic E-state index is 0.0701. The highest BCUT2D eigenvalue weighted by molar-refractivity contribution is 6.30. The average Bonchev–Trinajstić information content (AvgIpc) is 2.96. The van der Waals surface area contributed by atoms with Gasteiger partial charge in [0.25, 0.3) is 0 Å². The second-order valence-corrected chi connectivity index (χ2v) is 11.1. The van der Waals surface area contributed by atoms with Crippen LogP contribution in [0.15, 0.2) is 109 Å². The Morgan fingerprint density at radius 3 is 1.59 bits per heavy atom. The molecule has 4 aromatic rings. The zero-order valence-electron chi connectivity index (χ0n) is 21.1. The van der Waals surface area contributed by atoms with Crippen molar-refractivity contribution in [2.75, 3.05) is 26.2 Å². The molecule has 1 fully saturated rings. The second kappa shape index (κ2) is 11.4. The van der Waals surface area contributed by atoms with Gasteiger partial charge >= 0.3 is 0 Å². The van der Waals surface area contributed by atoms with Crippen molar-refractivity contribution in [3.8, 4) is 0 Å². The molecule has 0 aromatic heterocycles. The Labute approximate surface area is 231 Å². The lowest BCUT2D eigenvalue weighted by molar-refractivity contribution is 0.155. The van der Waals surface area contributed by atoms with Crippen molar-refractivity contribution >= 4 is 23.2 Å². The molecule has 0 bridgehead atoms. The van der Waals surface area contributed by atoms with Crippen molar-refractivity contribution in [3.63, 3.8) is 0 Å². The van der Waals surface area contributed by atoms with Crippen LogP contribution in [0.2, 0.25) is 10.0 Å². The van der Waals surface area contributed by atoms with E-state index in [0.29, 0.717) is 6.54 Å². The highest BCUT2D eigenvalue weighted by Gasteiger charge is 2.39. The van der Waals surface area contributed by atoms with Crippen LogP contribution in [0.5, 0.6) is 0 Å². The Hall–Kier alpha value is -2.62. The van der Waals surface area contributed by atoms with E-state index in [0.717, 1.165) is 48.9 Å². The Kier molecular flexibility index (Phi) is 8.02. The maximum absolute atomic E-state index is 6.37. The van der Waals surface area contributed by atoms with Gasteiger partial charge in [0.15, 0.2) is 0 Å². The lowest BCUT2D eigenvalue weighted by atomic mass is 9.67. The van der Waals surface area contributed by atoms with E-state index < -0.39 is 0 Å². The summed E-state index contributed by atoms with van der Waals surface area (Å²) in [4.78, 5) is 2.61. The van der Waals surface area contributed by atoms with Crippen molar-refractivity contribution in [3.05, 3.63) is 141 Å². The maximum atomic E-state index is 6.37. The van der Waals surface area contributed by atoms with Crippen LogP contribution in [0.3, 0.4) is 0 Å². The highest BCUT2D eigenvalue weighted by Crippen LogP contribution is 2.44. The van der Waals surface area contributed by atoms with Crippen LogP contribution in [0, 0.1) is 0 Å². The molecule has 1 heterocycles. The molecule has 5 rings (SSSR count). The number of likely N-dealkylation sites (tertiary alicyclic amines) is 1. The van der Waals surface area contributed by atoms with E-state index >= 15 is 0 Å². The van der Waals surface area contributed by atoms with Crippen molar-refractivity contribution < 1.29 is 0 Å². The van der Waals surface area contributed by atoms with Crippen molar-refractivity contribution in [2.24, 2.45) is 5.73 Å². The molecule has 4 aromatic carbocycles. The van der Waals surface area contributed by atoms with E-state index in [1.165, 1.54) is 22.3 Å². The standard InChI is InChI=1S/C33H34Cl2N2/c34-30-15-11-28(12-16-30)33(27-9-5-2-6-10-27,29-13-17-31(35)18-14-29)21-24-37-22-19-32(25-36,20-23-37)26-7-3-1-4-8-26/h1-18H,19-25,36H2. The summed E-state index contributed by atoms with van der Waals surface area (Å²) in [6.45, 7) is 3.75. The summed E-state index contributed by atoms with van der Waals surface area (Å²) in [6, 6.07) is 38.4. The fraction of sp³-hybridized carbons (Fsp3) is 0.273. The van der Waals surface area contributed by atoms with Gasteiger partial charge in [0.2, 0.25) is 0 Å². The number of nitrogens with two attached hydrogens (primary N) is 1. The molecule has 0 aliphatic carbocycles. The Morgan fingerprint density at radius 2 is 1.11 bits per heavy atom. The Bertz CT molecular complexity index is 1220. The van der Waals surface area contributed by atoms with Gasteiger partial charge in [0.1, 0.15) is 0 Å². The summed E-state index contributed by atoms with van der Waals surface area (Å²) < 4.78 is 0. The number of hydrogen-bond acceptors (Lipinski definition) is 2. The third-order valence-corrected chi connectivity index (χ3v) is 8.84. The fourth-order valence-electron chi connectivity index (χ4n) is 6.06. The summed E-state index contributed by atoms with van der Waals surface area (Å²) in [5.41, 5.74) is 11.2. The first-order valence-corrected chi connectivity index (χ1v) is 13.9. The van der Waals surface area contributed by atoms with Crippen LogP contribution in [-0.2, 0) is 10.8 Å². The quantitative estimate of drug-likeness (QED) is 0.237. The van der Waals surface area contributed by atoms with Crippen LogP contribution in [0.4, 0.5) is 0 Å². The van der Waals surface area contributed by atoms with E-state index in [2.05, 4.69) is 89.8 Å². The van der Waals surface area contributed by atoms with Gasteiger partial charge in [-0.15, -0.1) is 0 Å². The van der Waals surface area contributed by atoms with Gasteiger partial charge in [-0.25, -0.2) is 0 Å². The monoisotopic (exact) mass is 528 g/mol. The lowest BCUT2D eigenvalue weighted by Crippen LogP contribution is -2.47. The summed E-state index contributed by atoms with van der Waals surface area (Å²) >= 11 is 12.7. The molecule has 2 N–H and O–H groups in total. The minimum atomic E-state index is -0.321. The minimum Gasteiger partial charge on any atom is -0.330 e. The van der Waals surface area contributed by atoms with Gasteiger partial charge in [-0.3, -0.25) is 0 Å². The SMILES string of the molecule is NCC1(c2ccccc2)CCN(CCC(c2ccccc2)(c2ccc(Cl)cc2)c2ccc(Cl)cc2)CC1. The molecule has 1 aliphatic rings. The zero-order chi connectivity index (χ0) is 25.7. The molecule has 190 valence electrons. The highest BCUT2D eigenvalue weighted by atomic mass is 35.5. The molecule has 0 saturated carbocycles. The first-order valence-electron chi connectivity index (χ1n) is 13.1. The van der Waals surface area contributed by atoms with Crippen molar-refractivity contribution in [2.45, 2.75) is 30.1 Å². The average molecular weight is 530 g/mol. The number of piperidine rings is 1. The summed E-state index contributed by atoms with van der Waals surface area (Å²) in [6.07, 6.45) is 3.10. The smallest absolute Gasteiger partial charge is 0.0463 e. The van der Waals surface area contributed by atoms with E-state index in [1.807, 2.05) is 24.3 Å². The van der Waals surface area contributed by atoms with Crippen LogP contribution < -0.4 is 5.73 Å². The van der Waals surface area contributed by atoms with Gasteiger partial charge in [-0.1, -0.05) is 108 Å². The van der Waals surface area contributed by atoms with Crippen LogP contribution in [0.1, 0.15) is 41.5 Å². The largest absolute Gasteiger partial charge is 0.330 e. The molecule has 0 unspecified atom stereocenters. The van der Waals surface area contributed by atoms with Gasteiger partial charge in [0, 0.05) is 27.4 Å². The number of nitrogens with zero attached hydrogens (tertiary/aromatic N) is 1. The number of hydrogen-bond donors (Lipinski definition) is 1. The fourth-order valence-corrected chi connectivity index (χ4v) is 6.31. The maximum Gasteiger partial charge on any atom is 0.0463 e. The molecular weight excluding hydrogens is 495 g/mol. The molecule has 0 amide bonds. The molecule has 0 radical (unpaired) electrons. The van der Waals surface area contributed by atoms with Crippen LogP contribution in [0.25, 0.3) is 0 Å². The van der Waals surface area contributed by atoms with Crippen LogP contribution >= 0.6 is 23.2 Å². The zero-order valence-corrected chi connectivity index (χ0v) is 22.6. The predicted octanol–water partition coefficient (Wildman–Crippen LogP) is 7.71. The van der Waals surface area contributed by atoms with Crippen molar-refractivity contribution in [1.82, 2.24) is 4.90 Å². The molecule has 0 spiro atoms.